The van der Waals surface area contributed by atoms with Crippen molar-refractivity contribution in [3.05, 3.63) is 40.1 Å². The smallest absolute Gasteiger partial charge is 0.342 e. The van der Waals surface area contributed by atoms with E-state index in [0.717, 1.165) is 17.4 Å². The van der Waals surface area contributed by atoms with E-state index in [9.17, 15) is 19.3 Å². The first-order valence-corrected chi connectivity index (χ1v) is 14.8. The number of aromatic nitrogens is 5. The van der Waals surface area contributed by atoms with Gasteiger partial charge in [-0.15, -0.1) is 5.10 Å². The lowest BCUT2D eigenvalue weighted by molar-refractivity contribution is -0.0552. The van der Waals surface area contributed by atoms with Crippen molar-refractivity contribution in [2.24, 2.45) is 0 Å². The van der Waals surface area contributed by atoms with Crippen molar-refractivity contribution in [1.29, 1.82) is 0 Å². The zero-order valence-electron chi connectivity index (χ0n) is 19.0. The molecule has 0 unspecified atom stereocenters. The fourth-order valence-corrected chi connectivity index (χ4v) is 6.99. The Morgan fingerprint density at radius 3 is 2.57 bits per heavy atom. The minimum Gasteiger partial charge on any atom is -0.387 e. The lowest BCUT2D eigenvalue weighted by Crippen LogP contribution is -2.34. The van der Waals surface area contributed by atoms with Crippen molar-refractivity contribution in [2.75, 3.05) is 24.9 Å². The first-order chi connectivity index (χ1) is 17.4. The van der Waals surface area contributed by atoms with Crippen LogP contribution < -0.4 is 5.32 Å². The third-order valence-electron chi connectivity index (χ3n) is 5.35. The zero-order valence-corrected chi connectivity index (χ0v) is 22.3. The Balaban J connectivity index is 1.53. The molecule has 37 heavy (non-hydrogen) atoms. The highest BCUT2D eigenvalue weighted by Gasteiger charge is 2.46. The Morgan fingerprint density at radius 2 is 1.89 bits per heavy atom. The summed E-state index contributed by atoms with van der Waals surface area (Å²) in [6.45, 7) is -0.337. The molecule has 0 bridgehead atoms. The van der Waals surface area contributed by atoms with Gasteiger partial charge in [0.05, 0.1) is 6.61 Å². The predicted molar refractivity (Wildman–Crippen MR) is 130 cm³/mol. The van der Waals surface area contributed by atoms with Crippen LogP contribution in [-0.2, 0) is 29.5 Å². The summed E-state index contributed by atoms with van der Waals surface area (Å²) < 4.78 is 40.2. The second kappa shape index (κ2) is 11.2. The quantitative estimate of drug-likeness (QED) is 0.166. The van der Waals surface area contributed by atoms with E-state index in [1.807, 2.05) is 12.1 Å². The van der Waals surface area contributed by atoms with Crippen LogP contribution in [0.5, 0.6) is 0 Å². The van der Waals surface area contributed by atoms with Gasteiger partial charge >= 0.3 is 15.2 Å². The number of benzene rings is 1. The molecule has 0 saturated carbocycles. The maximum absolute atomic E-state index is 12.5. The van der Waals surface area contributed by atoms with E-state index in [1.165, 1.54) is 0 Å². The number of hydrogen-bond donors (Lipinski definition) is 5. The Morgan fingerprint density at radius 1 is 1.16 bits per heavy atom. The largest absolute Gasteiger partial charge is 0.387 e. The van der Waals surface area contributed by atoms with Crippen molar-refractivity contribution in [3.8, 4) is 0 Å². The van der Waals surface area contributed by atoms with Crippen LogP contribution in [0.2, 0.25) is 10.3 Å². The van der Waals surface area contributed by atoms with Gasteiger partial charge in [-0.3, -0.25) is 9.13 Å². The molecule has 0 aliphatic carbocycles. The van der Waals surface area contributed by atoms with E-state index in [2.05, 4.69) is 30.1 Å². The topological polar surface area (TPSA) is 211 Å². The fraction of sp³-hybridized carbons (Fsp3) is 0.444. The van der Waals surface area contributed by atoms with Crippen LogP contribution in [0.3, 0.4) is 0 Å². The van der Waals surface area contributed by atoms with Gasteiger partial charge in [-0.25, -0.2) is 0 Å². The summed E-state index contributed by atoms with van der Waals surface area (Å²) in [6, 6.07) is 7.17. The van der Waals surface area contributed by atoms with Crippen molar-refractivity contribution < 1.29 is 42.9 Å². The molecule has 5 N–H and O–H groups in total. The molecule has 0 amide bonds. The van der Waals surface area contributed by atoms with Gasteiger partial charge in [-0.2, -0.15) is 14.6 Å². The Hall–Kier alpha value is -1.74. The third kappa shape index (κ3) is 6.47. The van der Waals surface area contributed by atoms with Crippen LogP contribution in [-0.4, -0.2) is 82.9 Å². The monoisotopic (exact) mass is 598 g/mol. The van der Waals surface area contributed by atoms with Gasteiger partial charge in [0.2, 0.25) is 5.28 Å². The molecule has 2 aromatic heterocycles. The number of rotatable bonds is 10. The molecule has 1 aliphatic heterocycles. The molecule has 19 heteroatoms. The fourth-order valence-electron chi connectivity index (χ4n) is 3.55. The van der Waals surface area contributed by atoms with Gasteiger partial charge in [0, 0.05) is 18.7 Å². The molecular formula is C18H22Cl2N6O9P2. The molecule has 0 spiro atoms. The normalized spacial score (nSPS) is 23.9. The molecule has 0 radical (unpaired) electrons. The zero-order chi connectivity index (χ0) is 27.0. The highest BCUT2D eigenvalue weighted by Crippen LogP contribution is 2.58. The SMILES string of the molecule is CO[P@@](=O)(CP(=O)(O)O)OC[C@H]1O[C@@H](n2nnc3c(NCc4ccccc4Cl)nc(Cl)nc32)[C@H](O)[C@@H]1O. The molecule has 15 nitrogen and oxygen atoms in total. The minimum absolute atomic E-state index is 0.0727. The summed E-state index contributed by atoms with van der Waals surface area (Å²) in [5.41, 5.74) is 1.04. The molecule has 3 heterocycles. The predicted octanol–water partition coefficient (Wildman–Crippen LogP) is 1.75. The molecular weight excluding hydrogens is 577 g/mol. The number of nitrogens with zero attached hydrogens (tertiary/aromatic N) is 5. The van der Waals surface area contributed by atoms with E-state index in [1.54, 1.807) is 12.1 Å². The first kappa shape index (κ1) is 28.3. The van der Waals surface area contributed by atoms with Crippen molar-refractivity contribution in [3.63, 3.8) is 0 Å². The lowest BCUT2D eigenvalue weighted by atomic mass is 10.1. The lowest BCUT2D eigenvalue weighted by Gasteiger charge is -2.20. The van der Waals surface area contributed by atoms with Gasteiger partial charge < -0.3 is 39.1 Å². The van der Waals surface area contributed by atoms with Crippen LogP contribution in [0.4, 0.5) is 5.82 Å². The standard InChI is InChI=1S/C18H22Cl2N6O9P2/c1-33-37(32,8-36(29,30)31)34-7-11-13(27)14(28)17(35-11)26-16-12(24-25-26)15(22-18(20)23-16)21-6-9-4-2-3-5-10(9)19/h2-5,11,13-14,17,27-28H,6-8H2,1H3,(H,21,22,23)(H2,29,30,31)/t11-,13-,14-,17-,37+/m1/s1. The van der Waals surface area contributed by atoms with Crippen molar-refractivity contribution in [2.45, 2.75) is 31.1 Å². The van der Waals surface area contributed by atoms with E-state index < -0.39 is 52.2 Å². The van der Waals surface area contributed by atoms with E-state index in [4.69, 9.17) is 42.2 Å². The molecule has 1 aliphatic rings. The van der Waals surface area contributed by atoms with Crippen LogP contribution >= 0.6 is 38.4 Å². The van der Waals surface area contributed by atoms with Gasteiger partial charge in [0.15, 0.2) is 29.1 Å². The summed E-state index contributed by atoms with van der Waals surface area (Å²) in [6.07, 6.45) is -5.70. The Kier molecular flexibility index (Phi) is 8.53. The summed E-state index contributed by atoms with van der Waals surface area (Å²) in [5.74, 6) is -0.939. The minimum atomic E-state index is -4.74. The molecule has 1 fully saturated rings. The van der Waals surface area contributed by atoms with E-state index in [-0.39, 0.29) is 28.8 Å². The number of nitrogens with one attached hydrogen (secondary N) is 1. The van der Waals surface area contributed by atoms with E-state index in [0.29, 0.717) is 5.02 Å². The molecule has 1 aromatic carbocycles. The molecule has 5 atom stereocenters. The summed E-state index contributed by atoms with van der Waals surface area (Å²) >= 11 is 12.3. The van der Waals surface area contributed by atoms with Gasteiger partial charge in [0.1, 0.15) is 18.3 Å². The molecule has 202 valence electrons. The average molecular weight is 599 g/mol. The maximum Gasteiger partial charge on any atom is 0.342 e. The second-order valence-electron chi connectivity index (χ2n) is 7.93. The number of hydrogen-bond acceptors (Lipinski definition) is 12. The number of halogens is 2. The van der Waals surface area contributed by atoms with Crippen LogP contribution in [0.25, 0.3) is 11.2 Å². The summed E-state index contributed by atoms with van der Waals surface area (Å²) in [7, 11) is -7.99. The third-order valence-corrected chi connectivity index (χ3v) is 9.85. The highest BCUT2D eigenvalue weighted by molar-refractivity contribution is 7.70. The van der Waals surface area contributed by atoms with Crippen molar-refractivity contribution >= 4 is 55.4 Å². The second-order valence-corrected chi connectivity index (χ2v) is 13.0. The van der Waals surface area contributed by atoms with Crippen LogP contribution in [0, 0.1) is 0 Å². The highest BCUT2D eigenvalue weighted by atomic mass is 35.5. The van der Waals surface area contributed by atoms with Crippen LogP contribution in [0.15, 0.2) is 24.3 Å². The number of aliphatic hydroxyl groups excluding tert-OH is 2. The number of aliphatic hydroxyl groups is 2. The number of fused-ring (bicyclic) bond motifs is 1. The summed E-state index contributed by atoms with van der Waals surface area (Å²) in [5, 5.41) is 32.5. The van der Waals surface area contributed by atoms with E-state index >= 15 is 0 Å². The van der Waals surface area contributed by atoms with Gasteiger partial charge in [-0.1, -0.05) is 35.0 Å². The summed E-state index contributed by atoms with van der Waals surface area (Å²) in [4.78, 5) is 26.4. The molecule has 3 aromatic rings. The Bertz CT molecular complexity index is 1370. The van der Waals surface area contributed by atoms with Crippen molar-refractivity contribution in [1.82, 2.24) is 25.0 Å². The van der Waals surface area contributed by atoms with Gasteiger partial charge in [-0.05, 0) is 23.2 Å². The number of ether oxygens (including phenoxy) is 1. The maximum atomic E-state index is 12.5. The number of anilines is 1. The average Bonchev–Trinajstić information content (AvgIpc) is 3.36. The first-order valence-electron chi connectivity index (χ1n) is 10.5. The Labute approximate surface area is 219 Å². The van der Waals surface area contributed by atoms with Gasteiger partial charge in [0.25, 0.3) is 0 Å². The molecule has 1 saturated heterocycles. The van der Waals surface area contributed by atoms with Crippen LogP contribution in [0.1, 0.15) is 11.8 Å². The molecule has 4 rings (SSSR count).